The molecule has 1 unspecified atom stereocenters. The molecule has 0 aliphatic heterocycles. The van der Waals surface area contributed by atoms with E-state index in [2.05, 4.69) is 15.9 Å². The molecule has 64 valence electrons. The molecule has 1 aromatic rings. The molecule has 1 aromatic carbocycles. The monoisotopic (exact) mass is 266 g/mol. The first-order valence-corrected chi connectivity index (χ1v) is 4.87. The Kier molecular flexibility index (Phi) is 3.56. The highest BCUT2D eigenvalue weighted by atomic mass is 79.9. The van der Waals surface area contributed by atoms with Gasteiger partial charge in [-0.05, 0) is 29.3 Å². The highest BCUT2D eigenvalue weighted by Gasteiger charge is 2.14. The van der Waals surface area contributed by atoms with Crippen LogP contribution < -0.4 is 0 Å². The lowest BCUT2D eigenvalue weighted by Crippen LogP contribution is -1.97. The number of rotatable bonds is 2. The minimum Gasteiger partial charge on any atom is -0.280 e. The Morgan fingerprint density at radius 3 is 2.67 bits per heavy atom. The van der Waals surface area contributed by atoms with Gasteiger partial charge in [0.05, 0.1) is 0 Å². The summed E-state index contributed by atoms with van der Waals surface area (Å²) in [6.45, 7) is 0. The molecule has 0 aliphatic rings. The number of alkyl halides is 1. The summed E-state index contributed by atoms with van der Waals surface area (Å²) in [6.07, 6.45) is 0. The first kappa shape index (κ1) is 10.0. The molecule has 0 amide bonds. The van der Waals surface area contributed by atoms with E-state index in [1.165, 1.54) is 0 Å². The zero-order valence-electron chi connectivity index (χ0n) is 5.93. The number of carbonyl (C=O) groups is 1. The van der Waals surface area contributed by atoms with Crippen molar-refractivity contribution in [3.63, 3.8) is 0 Å². The number of hydrogen-bond acceptors (Lipinski definition) is 1. The molecular weight excluding hydrogens is 263 g/mol. The van der Waals surface area contributed by atoms with Crippen molar-refractivity contribution in [1.82, 2.24) is 0 Å². The lowest BCUT2D eigenvalue weighted by molar-refractivity contribution is -0.111. The van der Waals surface area contributed by atoms with Crippen molar-refractivity contribution in [3.8, 4) is 0 Å². The van der Waals surface area contributed by atoms with Crippen molar-refractivity contribution in [1.29, 1.82) is 0 Å². The largest absolute Gasteiger partial charge is 0.280 e. The van der Waals surface area contributed by atoms with E-state index >= 15 is 0 Å². The molecule has 1 rings (SSSR count). The normalized spacial score (nSPS) is 12.6. The molecule has 1 nitrogen and oxygen atoms in total. The molecule has 0 saturated carbocycles. The number of benzene rings is 1. The number of halogens is 3. The van der Waals surface area contributed by atoms with E-state index in [1.54, 1.807) is 24.3 Å². The summed E-state index contributed by atoms with van der Waals surface area (Å²) < 4.78 is 0. The van der Waals surface area contributed by atoms with Crippen LogP contribution in [-0.4, -0.2) is 5.24 Å². The van der Waals surface area contributed by atoms with Gasteiger partial charge >= 0.3 is 0 Å². The molecule has 0 radical (unpaired) electrons. The minimum atomic E-state index is -0.474. The first-order valence-electron chi connectivity index (χ1n) is 3.20. The predicted molar refractivity (Wildman–Crippen MR) is 54.0 cm³/mol. The maximum absolute atomic E-state index is 10.7. The molecule has 0 spiro atoms. The smallest absolute Gasteiger partial charge is 0.239 e. The van der Waals surface area contributed by atoms with Crippen LogP contribution in [0.1, 0.15) is 10.4 Å². The number of carbonyl (C=O) groups excluding carboxylic acids is 1. The minimum absolute atomic E-state index is 0.447. The van der Waals surface area contributed by atoms with Gasteiger partial charge in [-0.3, -0.25) is 4.79 Å². The van der Waals surface area contributed by atoms with Crippen LogP contribution in [0.5, 0.6) is 0 Å². The first-order chi connectivity index (χ1) is 5.61. The highest BCUT2D eigenvalue weighted by molar-refractivity contribution is 9.09. The van der Waals surface area contributed by atoms with Crippen LogP contribution in [0.25, 0.3) is 0 Å². The summed E-state index contributed by atoms with van der Waals surface area (Å²) >= 11 is 14.1. The zero-order valence-corrected chi connectivity index (χ0v) is 9.03. The van der Waals surface area contributed by atoms with Gasteiger partial charge in [-0.15, -0.1) is 0 Å². The number of hydrogen-bond donors (Lipinski definition) is 0. The molecule has 0 saturated heterocycles. The summed E-state index contributed by atoms with van der Waals surface area (Å²) in [5.41, 5.74) is 0.766. The Hall–Kier alpha value is -0.0500. The van der Waals surface area contributed by atoms with E-state index < -0.39 is 10.1 Å². The molecule has 0 fully saturated rings. The molecule has 0 N–H and O–H groups in total. The Balaban J connectivity index is 2.95. The fourth-order valence-corrected chi connectivity index (χ4v) is 1.40. The third kappa shape index (κ3) is 2.47. The molecule has 0 aliphatic carbocycles. The van der Waals surface area contributed by atoms with Crippen LogP contribution in [0.2, 0.25) is 5.02 Å². The Morgan fingerprint density at radius 2 is 2.17 bits per heavy atom. The van der Waals surface area contributed by atoms with Crippen LogP contribution in [-0.2, 0) is 4.79 Å². The molecule has 4 heteroatoms. The van der Waals surface area contributed by atoms with Crippen LogP contribution in [0.4, 0.5) is 0 Å². The Labute approximate surface area is 88.8 Å². The second-order valence-corrected chi connectivity index (χ2v) is 3.95. The topological polar surface area (TPSA) is 17.1 Å². The summed E-state index contributed by atoms with van der Waals surface area (Å²) in [7, 11) is 0. The van der Waals surface area contributed by atoms with Gasteiger partial charge in [0.2, 0.25) is 5.24 Å². The third-order valence-corrected chi connectivity index (χ3v) is 3.00. The summed E-state index contributed by atoms with van der Waals surface area (Å²) in [4.78, 5) is 10.3. The maximum atomic E-state index is 10.7. The van der Waals surface area contributed by atoms with Crippen molar-refractivity contribution in [2.75, 3.05) is 0 Å². The summed E-state index contributed by atoms with van der Waals surface area (Å²) in [5.74, 6) is 0. The van der Waals surface area contributed by atoms with E-state index in [-0.39, 0.29) is 0 Å². The molecule has 0 heterocycles. The molecule has 12 heavy (non-hydrogen) atoms. The average molecular weight is 268 g/mol. The van der Waals surface area contributed by atoms with Gasteiger partial charge in [-0.1, -0.05) is 39.7 Å². The van der Waals surface area contributed by atoms with Crippen molar-refractivity contribution < 1.29 is 4.79 Å². The van der Waals surface area contributed by atoms with E-state index in [0.29, 0.717) is 5.02 Å². The maximum Gasteiger partial charge on any atom is 0.239 e. The lowest BCUT2D eigenvalue weighted by atomic mass is 10.2. The zero-order chi connectivity index (χ0) is 9.14. The standard InChI is InChI=1S/C8H5BrCl2O/c9-7(8(11)12)5-2-1-3-6(10)4-5/h1-4,7H. The SMILES string of the molecule is O=C(Cl)C(Br)c1cccc(Cl)c1. The van der Waals surface area contributed by atoms with Gasteiger partial charge in [0.15, 0.2) is 0 Å². The second kappa shape index (κ2) is 4.26. The van der Waals surface area contributed by atoms with Crippen molar-refractivity contribution in [2.24, 2.45) is 0 Å². The summed E-state index contributed by atoms with van der Waals surface area (Å²) in [5, 5.41) is 0.145. The van der Waals surface area contributed by atoms with E-state index in [0.717, 1.165) is 5.56 Å². The Bertz CT molecular complexity index is 301. The van der Waals surface area contributed by atoms with E-state index in [4.69, 9.17) is 23.2 Å². The van der Waals surface area contributed by atoms with Gasteiger partial charge < -0.3 is 0 Å². The average Bonchev–Trinajstić information content (AvgIpc) is 2.03. The molecule has 1 atom stereocenters. The van der Waals surface area contributed by atoms with Gasteiger partial charge in [-0.2, -0.15) is 0 Å². The van der Waals surface area contributed by atoms with E-state index in [1.807, 2.05) is 0 Å². The quantitative estimate of drug-likeness (QED) is 0.592. The van der Waals surface area contributed by atoms with Crippen LogP contribution >= 0.6 is 39.1 Å². The Morgan fingerprint density at radius 1 is 1.50 bits per heavy atom. The lowest BCUT2D eigenvalue weighted by Gasteiger charge is -2.03. The van der Waals surface area contributed by atoms with Crippen LogP contribution in [0.3, 0.4) is 0 Å². The van der Waals surface area contributed by atoms with Crippen molar-refractivity contribution in [2.45, 2.75) is 4.83 Å². The molecular formula is C8H5BrCl2O. The molecule has 0 bridgehead atoms. The molecule has 0 aromatic heterocycles. The second-order valence-electron chi connectivity index (χ2n) is 2.22. The summed E-state index contributed by atoms with van der Waals surface area (Å²) in [6, 6.07) is 6.99. The fraction of sp³-hybridized carbons (Fsp3) is 0.125. The van der Waals surface area contributed by atoms with Crippen molar-refractivity contribution in [3.05, 3.63) is 34.9 Å². The highest BCUT2D eigenvalue weighted by Crippen LogP contribution is 2.26. The predicted octanol–water partition coefficient (Wildman–Crippen LogP) is 3.54. The van der Waals surface area contributed by atoms with Gasteiger partial charge in [0.25, 0.3) is 0 Å². The van der Waals surface area contributed by atoms with E-state index in [9.17, 15) is 4.79 Å². The van der Waals surface area contributed by atoms with Crippen LogP contribution in [0.15, 0.2) is 24.3 Å². The van der Waals surface area contributed by atoms with Crippen LogP contribution in [0, 0.1) is 0 Å². The third-order valence-electron chi connectivity index (χ3n) is 1.34. The van der Waals surface area contributed by atoms with Gasteiger partial charge in [-0.25, -0.2) is 0 Å². The van der Waals surface area contributed by atoms with Gasteiger partial charge in [0.1, 0.15) is 4.83 Å². The van der Waals surface area contributed by atoms with Gasteiger partial charge in [0, 0.05) is 5.02 Å². The van der Waals surface area contributed by atoms with Crippen molar-refractivity contribution >= 4 is 44.4 Å². The fourth-order valence-electron chi connectivity index (χ4n) is 0.795.